The van der Waals surface area contributed by atoms with Gasteiger partial charge >= 0.3 is 5.97 Å². The van der Waals surface area contributed by atoms with Crippen molar-refractivity contribution in [2.24, 2.45) is 0 Å². The molecule has 22 heavy (non-hydrogen) atoms. The molecule has 0 radical (unpaired) electrons. The van der Waals surface area contributed by atoms with Gasteiger partial charge in [0, 0.05) is 23.6 Å². The minimum atomic E-state index is -0.936. The molecule has 0 aromatic heterocycles. The number of rotatable bonds is 6. The zero-order valence-corrected chi connectivity index (χ0v) is 12.9. The normalized spacial score (nSPS) is 18.2. The van der Waals surface area contributed by atoms with Crippen molar-refractivity contribution >= 4 is 23.6 Å². The zero-order valence-electron chi connectivity index (χ0n) is 12.0. The minimum Gasteiger partial charge on any atom is -0.481 e. The molecule has 0 saturated carbocycles. The summed E-state index contributed by atoms with van der Waals surface area (Å²) in [5.41, 5.74) is 0. The van der Waals surface area contributed by atoms with Crippen LogP contribution in [-0.4, -0.2) is 53.4 Å². The van der Waals surface area contributed by atoms with E-state index >= 15 is 0 Å². The molecular weight excluding hydrogens is 309 g/mol. The average molecular weight is 327 g/mol. The van der Waals surface area contributed by atoms with Gasteiger partial charge in [-0.05, 0) is 24.3 Å². The molecule has 1 unspecified atom stereocenters. The van der Waals surface area contributed by atoms with Gasteiger partial charge in [-0.2, -0.15) is 0 Å². The van der Waals surface area contributed by atoms with Crippen LogP contribution in [0.25, 0.3) is 0 Å². The molecule has 1 N–H and O–H groups in total. The van der Waals surface area contributed by atoms with Gasteiger partial charge in [0.25, 0.3) is 0 Å². The first-order valence-corrected chi connectivity index (χ1v) is 8.02. The SMILES string of the molecule is O=C(O)CC1COCCN1C(=O)CCSc1ccc(F)cc1. The van der Waals surface area contributed by atoms with Gasteiger partial charge in [-0.25, -0.2) is 4.39 Å². The summed E-state index contributed by atoms with van der Waals surface area (Å²) in [5.74, 6) is -0.717. The van der Waals surface area contributed by atoms with E-state index in [1.54, 1.807) is 17.0 Å². The highest BCUT2D eigenvalue weighted by atomic mass is 32.2. The summed E-state index contributed by atoms with van der Waals surface area (Å²) in [5, 5.41) is 8.88. The number of hydrogen-bond acceptors (Lipinski definition) is 4. The summed E-state index contributed by atoms with van der Waals surface area (Å²) < 4.78 is 18.0. The Balaban J connectivity index is 1.82. The third-order valence-corrected chi connectivity index (χ3v) is 4.37. The Morgan fingerprint density at radius 2 is 2.09 bits per heavy atom. The van der Waals surface area contributed by atoms with E-state index in [9.17, 15) is 14.0 Å². The van der Waals surface area contributed by atoms with Crippen molar-refractivity contribution in [1.82, 2.24) is 4.90 Å². The first-order valence-electron chi connectivity index (χ1n) is 7.03. The van der Waals surface area contributed by atoms with Crippen LogP contribution < -0.4 is 0 Å². The summed E-state index contributed by atoms with van der Waals surface area (Å²) in [6.45, 7) is 1.13. The molecule has 1 amide bonds. The molecule has 5 nitrogen and oxygen atoms in total. The number of hydrogen-bond donors (Lipinski definition) is 1. The van der Waals surface area contributed by atoms with Crippen LogP contribution in [0.4, 0.5) is 4.39 Å². The number of carboxylic acids is 1. The van der Waals surface area contributed by atoms with Crippen molar-refractivity contribution in [2.45, 2.75) is 23.8 Å². The van der Waals surface area contributed by atoms with E-state index in [0.717, 1.165) is 4.90 Å². The maximum Gasteiger partial charge on any atom is 0.305 e. The predicted molar refractivity (Wildman–Crippen MR) is 80.3 cm³/mol. The van der Waals surface area contributed by atoms with Crippen molar-refractivity contribution < 1.29 is 23.8 Å². The molecule has 120 valence electrons. The highest BCUT2D eigenvalue weighted by Gasteiger charge is 2.28. The van der Waals surface area contributed by atoms with Gasteiger partial charge in [0.2, 0.25) is 5.91 Å². The van der Waals surface area contributed by atoms with Crippen molar-refractivity contribution in [3.63, 3.8) is 0 Å². The number of nitrogens with zero attached hydrogens (tertiary/aromatic N) is 1. The number of aliphatic carboxylic acids is 1. The maximum atomic E-state index is 12.8. The topological polar surface area (TPSA) is 66.8 Å². The fourth-order valence-electron chi connectivity index (χ4n) is 2.28. The fourth-order valence-corrected chi connectivity index (χ4v) is 3.13. The molecule has 0 aliphatic carbocycles. The lowest BCUT2D eigenvalue weighted by atomic mass is 10.1. The van der Waals surface area contributed by atoms with Crippen LogP contribution in [0.5, 0.6) is 0 Å². The first-order chi connectivity index (χ1) is 10.6. The maximum absolute atomic E-state index is 12.8. The Morgan fingerprint density at radius 1 is 1.36 bits per heavy atom. The van der Waals surface area contributed by atoms with Crippen LogP contribution in [-0.2, 0) is 14.3 Å². The summed E-state index contributed by atoms with van der Waals surface area (Å²) in [6, 6.07) is 5.72. The van der Waals surface area contributed by atoms with Gasteiger partial charge < -0.3 is 14.7 Å². The number of carbonyl (C=O) groups is 2. The molecule has 0 spiro atoms. The minimum absolute atomic E-state index is 0.0656. The van der Waals surface area contributed by atoms with E-state index < -0.39 is 12.0 Å². The van der Waals surface area contributed by atoms with Crippen LogP contribution >= 0.6 is 11.8 Å². The van der Waals surface area contributed by atoms with E-state index in [1.165, 1.54) is 23.9 Å². The largest absolute Gasteiger partial charge is 0.481 e. The van der Waals surface area contributed by atoms with E-state index in [1.807, 2.05) is 0 Å². The Kier molecular flexibility index (Phi) is 6.21. The number of carboxylic acid groups (broad SMARTS) is 1. The molecule has 1 aliphatic rings. The summed E-state index contributed by atoms with van der Waals surface area (Å²) >= 11 is 1.47. The van der Waals surface area contributed by atoms with Gasteiger partial charge in [0.05, 0.1) is 25.7 Å². The van der Waals surface area contributed by atoms with Crippen LogP contribution in [0.3, 0.4) is 0 Å². The number of carbonyl (C=O) groups excluding carboxylic acids is 1. The second-order valence-corrected chi connectivity index (χ2v) is 6.13. The lowest BCUT2D eigenvalue weighted by Gasteiger charge is -2.34. The second kappa shape index (κ2) is 8.14. The van der Waals surface area contributed by atoms with Crippen molar-refractivity contribution in [3.05, 3.63) is 30.1 Å². The van der Waals surface area contributed by atoms with E-state index in [4.69, 9.17) is 9.84 Å². The Morgan fingerprint density at radius 3 is 2.77 bits per heavy atom. The first kappa shape index (κ1) is 16.8. The van der Waals surface area contributed by atoms with Gasteiger partial charge in [-0.15, -0.1) is 11.8 Å². The number of ether oxygens (including phenoxy) is 1. The molecule has 1 aromatic rings. The molecule has 1 saturated heterocycles. The van der Waals surface area contributed by atoms with Crippen LogP contribution in [0.2, 0.25) is 0 Å². The van der Waals surface area contributed by atoms with Crippen molar-refractivity contribution in [3.8, 4) is 0 Å². The summed E-state index contributed by atoms with van der Waals surface area (Å²) in [7, 11) is 0. The third-order valence-electron chi connectivity index (χ3n) is 3.36. The smallest absolute Gasteiger partial charge is 0.305 e. The molecule has 2 rings (SSSR count). The van der Waals surface area contributed by atoms with Gasteiger partial charge in [0.15, 0.2) is 0 Å². The Labute approximate surface area is 132 Å². The lowest BCUT2D eigenvalue weighted by Crippen LogP contribution is -2.49. The molecule has 1 heterocycles. The quantitative estimate of drug-likeness (QED) is 0.810. The van der Waals surface area contributed by atoms with Gasteiger partial charge in [-0.1, -0.05) is 0 Å². The van der Waals surface area contributed by atoms with Crippen LogP contribution in [0.15, 0.2) is 29.2 Å². The van der Waals surface area contributed by atoms with Crippen LogP contribution in [0, 0.1) is 5.82 Å². The van der Waals surface area contributed by atoms with E-state index in [0.29, 0.717) is 25.3 Å². The molecule has 1 aliphatic heterocycles. The highest BCUT2D eigenvalue weighted by Crippen LogP contribution is 2.20. The van der Waals surface area contributed by atoms with E-state index in [2.05, 4.69) is 0 Å². The van der Waals surface area contributed by atoms with Crippen molar-refractivity contribution in [1.29, 1.82) is 0 Å². The summed E-state index contributed by atoms with van der Waals surface area (Å²) in [6.07, 6.45) is 0.217. The van der Waals surface area contributed by atoms with Gasteiger partial charge in [-0.3, -0.25) is 9.59 Å². The molecular formula is C15H18FNO4S. The Hall–Kier alpha value is -1.60. The molecule has 1 atom stereocenters. The third kappa shape index (κ3) is 4.99. The predicted octanol–water partition coefficient (Wildman–Crippen LogP) is 2.01. The number of halogens is 1. The number of benzene rings is 1. The Bertz CT molecular complexity index is 523. The average Bonchev–Trinajstić information content (AvgIpc) is 2.49. The summed E-state index contributed by atoms with van der Waals surface area (Å²) in [4.78, 5) is 25.6. The van der Waals surface area contributed by atoms with Crippen LogP contribution in [0.1, 0.15) is 12.8 Å². The fraction of sp³-hybridized carbons (Fsp3) is 0.467. The zero-order chi connectivity index (χ0) is 15.9. The second-order valence-electron chi connectivity index (χ2n) is 4.97. The highest BCUT2D eigenvalue weighted by molar-refractivity contribution is 7.99. The number of thioether (sulfide) groups is 1. The molecule has 1 aromatic carbocycles. The molecule has 0 bridgehead atoms. The lowest BCUT2D eigenvalue weighted by molar-refractivity contribution is -0.146. The monoisotopic (exact) mass is 327 g/mol. The number of amides is 1. The van der Waals surface area contributed by atoms with Crippen molar-refractivity contribution in [2.75, 3.05) is 25.5 Å². The van der Waals surface area contributed by atoms with E-state index in [-0.39, 0.29) is 24.8 Å². The molecule has 7 heteroatoms. The standard InChI is InChI=1S/C15H18FNO4S/c16-11-1-3-13(4-2-11)22-8-5-14(18)17-6-7-21-10-12(17)9-15(19)20/h1-4,12H,5-10H2,(H,19,20). The van der Waals surface area contributed by atoms with Gasteiger partial charge in [0.1, 0.15) is 5.82 Å². The molecule has 1 fully saturated rings. The number of morpholine rings is 1.